The van der Waals surface area contributed by atoms with E-state index in [9.17, 15) is 4.79 Å². The molecule has 0 saturated carbocycles. The topological polar surface area (TPSA) is 36.4 Å². The Balaban J connectivity index is 1.66. The number of benzene rings is 1. The van der Waals surface area contributed by atoms with Gasteiger partial charge in [-0.05, 0) is 62.5 Å². The van der Waals surface area contributed by atoms with Gasteiger partial charge in [-0.3, -0.25) is 9.78 Å². The third kappa shape index (κ3) is 4.92. The molecule has 1 aliphatic rings. The van der Waals surface area contributed by atoms with Gasteiger partial charge in [-0.2, -0.15) is 0 Å². The Hall–Kier alpha value is -2.20. The minimum atomic E-state index is 0.221. The summed E-state index contributed by atoms with van der Waals surface area (Å²) in [5.41, 5.74) is 3.70. The summed E-state index contributed by atoms with van der Waals surface area (Å²) >= 11 is 0. The number of hydrogen-bond donors (Lipinski definition) is 0. The maximum Gasteiger partial charge on any atom is 0.223 e. The molecule has 26 heavy (non-hydrogen) atoms. The SMILES string of the molecule is CN(C)Cc1ccc([C@@H]2CCCCN2C(=O)CCc2cccnc2)cc1. The molecule has 1 aromatic heterocycles. The van der Waals surface area contributed by atoms with Crippen molar-refractivity contribution >= 4 is 5.91 Å². The van der Waals surface area contributed by atoms with Gasteiger partial charge in [0.05, 0.1) is 6.04 Å². The first kappa shape index (κ1) is 18.6. The van der Waals surface area contributed by atoms with Crippen molar-refractivity contribution in [3.8, 4) is 0 Å². The summed E-state index contributed by atoms with van der Waals surface area (Å²) in [6.45, 7) is 1.81. The van der Waals surface area contributed by atoms with Crippen molar-refractivity contribution < 1.29 is 4.79 Å². The van der Waals surface area contributed by atoms with Gasteiger partial charge in [0.1, 0.15) is 0 Å². The number of rotatable bonds is 6. The minimum absolute atomic E-state index is 0.221. The molecule has 0 aliphatic carbocycles. The van der Waals surface area contributed by atoms with Crippen LogP contribution in [-0.2, 0) is 17.8 Å². The third-order valence-electron chi connectivity index (χ3n) is 5.04. The Morgan fingerprint density at radius 3 is 2.65 bits per heavy atom. The molecule has 0 unspecified atom stereocenters. The summed E-state index contributed by atoms with van der Waals surface area (Å²) in [6.07, 6.45) is 8.30. The predicted octanol–water partition coefficient (Wildman–Crippen LogP) is 3.83. The van der Waals surface area contributed by atoms with Crippen LogP contribution in [0, 0.1) is 0 Å². The normalized spacial score (nSPS) is 17.5. The van der Waals surface area contributed by atoms with Crippen molar-refractivity contribution in [2.45, 2.75) is 44.7 Å². The smallest absolute Gasteiger partial charge is 0.223 e. The largest absolute Gasteiger partial charge is 0.336 e. The second-order valence-electron chi connectivity index (χ2n) is 7.44. The fourth-order valence-corrected chi connectivity index (χ4v) is 3.73. The van der Waals surface area contributed by atoms with Gasteiger partial charge in [0, 0.05) is 31.9 Å². The number of hydrogen-bond acceptors (Lipinski definition) is 3. The number of nitrogens with zero attached hydrogens (tertiary/aromatic N) is 3. The molecule has 0 N–H and O–H groups in total. The molecule has 2 aromatic rings. The molecule has 4 nitrogen and oxygen atoms in total. The molecule has 1 aliphatic heterocycles. The average Bonchev–Trinajstić information content (AvgIpc) is 2.67. The summed E-state index contributed by atoms with van der Waals surface area (Å²) < 4.78 is 0. The van der Waals surface area contributed by atoms with Gasteiger partial charge >= 0.3 is 0 Å². The predicted molar refractivity (Wildman–Crippen MR) is 105 cm³/mol. The van der Waals surface area contributed by atoms with Crippen LogP contribution in [0.1, 0.15) is 48.4 Å². The van der Waals surface area contributed by atoms with E-state index < -0.39 is 0 Å². The molecule has 0 radical (unpaired) electrons. The van der Waals surface area contributed by atoms with Crippen LogP contribution in [0.25, 0.3) is 0 Å². The molecule has 138 valence electrons. The minimum Gasteiger partial charge on any atom is -0.336 e. The zero-order chi connectivity index (χ0) is 18.4. The number of pyridine rings is 1. The van der Waals surface area contributed by atoms with Gasteiger partial charge in [0.2, 0.25) is 5.91 Å². The first-order valence-electron chi connectivity index (χ1n) is 9.55. The Morgan fingerprint density at radius 2 is 1.96 bits per heavy atom. The van der Waals surface area contributed by atoms with Crippen LogP contribution in [0.4, 0.5) is 0 Å². The zero-order valence-electron chi connectivity index (χ0n) is 15.9. The van der Waals surface area contributed by atoms with Crippen LogP contribution in [0.3, 0.4) is 0 Å². The molecule has 0 bridgehead atoms. The lowest BCUT2D eigenvalue weighted by Gasteiger charge is -2.36. The van der Waals surface area contributed by atoms with Crippen LogP contribution >= 0.6 is 0 Å². The van der Waals surface area contributed by atoms with E-state index in [1.165, 1.54) is 17.5 Å². The molecule has 1 saturated heterocycles. The number of aromatic nitrogens is 1. The Bertz CT molecular complexity index is 697. The Kier molecular flexibility index (Phi) is 6.40. The van der Waals surface area contributed by atoms with E-state index >= 15 is 0 Å². The highest BCUT2D eigenvalue weighted by atomic mass is 16.2. The fraction of sp³-hybridized carbons (Fsp3) is 0.455. The fourth-order valence-electron chi connectivity index (χ4n) is 3.73. The maximum atomic E-state index is 12.9. The van der Waals surface area contributed by atoms with Crippen molar-refractivity contribution in [3.63, 3.8) is 0 Å². The molecule has 1 atom stereocenters. The van der Waals surface area contributed by atoms with Crippen molar-refractivity contribution in [2.24, 2.45) is 0 Å². The number of carbonyl (C=O) groups is 1. The highest BCUT2D eigenvalue weighted by molar-refractivity contribution is 5.77. The van der Waals surface area contributed by atoms with E-state index in [2.05, 4.69) is 53.1 Å². The second-order valence-corrected chi connectivity index (χ2v) is 7.44. The Labute approximate surface area is 156 Å². The summed E-state index contributed by atoms with van der Waals surface area (Å²) in [5.74, 6) is 0.260. The van der Waals surface area contributed by atoms with Crippen molar-refractivity contribution in [3.05, 3.63) is 65.5 Å². The van der Waals surface area contributed by atoms with E-state index in [4.69, 9.17) is 0 Å². The standard InChI is InChI=1S/C22H29N3O/c1-24(2)17-19-8-11-20(12-9-19)21-7-3-4-15-25(21)22(26)13-10-18-6-5-14-23-16-18/h5-6,8-9,11-12,14,16,21H,3-4,7,10,13,15,17H2,1-2H3/t21-/m0/s1. The number of amides is 1. The monoisotopic (exact) mass is 351 g/mol. The summed E-state index contributed by atoms with van der Waals surface area (Å²) in [5, 5.41) is 0. The Morgan fingerprint density at radius 1 is 1.15 bits per heavy atom. The highest BCUT2D eigenvalue weighted by Gasteiger charge is 2.27. The van der Waals surface area contributed by atoms with Crippen LogP contribution in [0.15, 0.2) is 48.8 Å². The van der Waals surface area contributed by atoms with Gasteiger partial charge in [-0.15, -0.1) is 0 Å². The lowest BCUT2D eigenvalue weighted by molar-refractivity contribution is -0.135. The van der Waals surface area contributed by atoms with Gasteiger partial charge in [-0.25, -0.2) is 0 Å². The summed E-state index contributed by atoms with van der Waals surface area (Å²) in [6, 6.07) is 13.0. The van der Waals surface area contributed by atoms with Crippen LogP contribution in [0.2, 0.25) is 0 Å². The average molecular weight is 351 g/mol. The lowest BCUT2D eigenvalue weighted by atomic mass is 9.94. The van der Waals surface area contributed by atoms with E-state index in [-0.39, 0.29) is 11.9 Å². The molecular weight excluding hydrogens is 322 g/mol. The number of likely N-dealkylation sites (tertiary alicyclic amines) is 1. The summed E-state index contributed by atoms with van der Waals surface area (Å²) in [7, 11) is 4.16. The van der Waals surface area contributed by atoms with Crippen molar-refractivity contribution in [1.82, 2.24) is 14.8 Å². The second kappa shape index (κ2) is 8.95. The maximum absolute atomic E-state index is 12.9. The van der Waals surface area contributed by atoms with E-state index in [1.54, 1.807) is 6.20 Å². The van der Waals surface area contributed by atoms with Gasteiger partial charge in [-0.1, -0.05) is 30.3 Å². The highest BCUT2D eigenvalue weighted by Crippen LogP contribution is 2.31. The quantitative estimate of drug-likeness (QED) is 0.794. The van der Waals surface area contributed by atoms with E-state index in [1.807, 2.05) is 18.3 Å². The van der Waals surface area contributed by atoms with Gasteiger partial charge in [0.25, 0.3) is 0 Å². The molecule has 1 aromatic carbocycles. The van der Waals surface area contributed by atoms with Crippen LogP contribution in [0.5, 0.6) is 0 Å². The van der Waals surface area contributed by atoms with Crippen molar-refractivity contribution in [2.75, 3.05) is 20.6 Å². The molecule has 1 amide bonds. The van der Waals surface area contributed by atoms with Crippen LogP contribution in [-0.4, -0.2) is 41.3 Å². The van der Waals surface area contributed by atoms with E-state index in [0.29, 0.717) is 6.42 Å². The first-order chi connectivity index (χ1) is 12.6. The lowest BCUT2D eigenvalue weighted by Crippen LogP contribution is -2.38. The summed E-state index contributed by atoms with van der Waals surface area (Å²) in [4.78, 5) is 21.3. The molecular formula is C22H29N3O. The molecule has 2 heterocycles. The van der Waals surface area contributed by atoms with Gasteiger partial charge in [0.15, 0.2) is 0 Å². The zero-order valence-corrected chi connectivity index (χ0v) is 15.9. The molecule has 4 heteroatoms. The van der Waals surface area contributed by atoms with Crippen LogP contribution < -0.4 is 0 Å². The number of piperidine rings is 1. The first-order valence-corrected chi connectivity index (χ1v) is 9.55. The third-order valence-corrected chi connectivity index (χ3v) is 5.04. The molecule has 3 rings (SSSR count). The molecule has 0 spiro atoms. The molecule has 1 fully saturated rings. The number of aryl methyl sites for hydroxylation is 1. The van der Waals surface area contributed by atoms with E-state index in [0.717, 1.165) is 37.9 Å². The van der Waals surface area contributed by atoms with Gasteiger partial charge < -0.3 is 9.80 Å². The van der Waals surface area contributed by atoms with Crippen molar-refractivity contribution in [1.29, 1.82) is 0 Å². The number of carbonyl (C=O) groups excluding carboxylic acids is 1.